The van der Waals surface area contributed by atoms with Gasteiger partial charge < -0.3 is 10.5 Å². The lowest BCUT2D eigenvalue weighted by molar-refractivity contribution is -0.136. The maximum atomic E-state index is 10.2. The van der Waals surface area contributed by atoms with Crippen molar-refractivity contribution in [2.45, 2.75) is 6.04 Å². The van der Waals surface area contributed by atoms with E-state index in [2.05, 4.69) is 4.74 Å². The molecule has 3 nitrogen and oxygen atoms in total. The number of nitrogens with two attached hydrogens (primary N) is 1. The zero-order chi connectivity index (χ0) is 5.28. The molecule has 0 bridgehead atoms. The van der Waals surface area contributed by atoms with Crippen molar-refractivity contribution in [1.29, 1.82) is 0 Å². The van der Waals surface area contributed by atoms with Gasteiger partial charge in [0.15, 0.2) is 0 Å². The fourth-order valence-electron chi connectivity index (χ4n) is 0.348. The average molecular weight is 99.1 g/mol. The van der Waals surface area contributed by atoms with Gasteiger partial charge in [-0.25, -0.2) is 4.79 Å². The molecule has 1 heterocycles. The average Bonchev–Trinajstić information content (AvgIpc) is 1.91. The van der Waals surface area contributed by atoms with Crippen molar-refractivity contribution in [2.24, 2.45) is 5.73 Å². The molecule has 0 fully saturated rings. The van der Waals surface area contributed by atoms with Crippen LogP contribution in [0.4, 0.5) is 0 Å². The van der Waals surface area contributed by atoms with Crippen molar-refractivity contribution in [3.63, 3.8) is 0 Å². The molecule has 0 saturated heterocycles. The maximum absolute atomic E-state index is 10.2. The van der Waals surface area contributed by atoms with E-state index in [4.69, 9.17) is 5.73 Å². The standard InChI is InChI=1S/C4H5NO2/c5-3-1-2-7-4(3)6/h1-3H,5H2. The minimum atomic E-state index is -0.528. The molecule has 7 heavy (non-hydrogen) atoms. The Kier molecular flexibility index (Phi) is 0.834. The summed E-state index contributed by atoms with van der Waals surface area (Å²) in [6.07, 6.45) is 2.80. The number of rotatable bonds is 0. The molecule has 0 aromatic carbocycles. The number of carbonyl (C=O) groups excluding carboxylic acids is 1. The number of hydrogen-bond donors (Lipinski definition) is 1. The number of carbonyl (C=O) groups is 1. The summed E-state index contributed by atoms with van der Waals surface area (Å²) in [5.41, 5.74) is 5.12. The molecule has 3 heteroatoms. The van der Waals surface area contributed by atoms with E-state index in [-0.39, 0.29) is 5.97 Å². The smallest absolute Gasteiger partial charge is 0.331 e. The Labute approximate surface area is 40.8 Å². The summed E-state index contributed by atoms with van der Waals surface area (Å²) >= 11 is 0. The highest BCUT2D eigenvalue weighted by molar-refractivity contribution is 5.80. The zero-order valence-corrected chi connectivity index (χ0v) is 3.63. The van der Waals surface area contributed by atoms with E-state index in [9.17, 15) is 4.79 Å². The quantitative estimate of drug-likeness (QED) is 0.412. The molecule has 0 amide bonds. The van der Waals surface area contributed by atoms with Crippen LogP contribution in [0, 0.1) is 0 Å². The lowest BCUT2D eigenvalue weighted by Gasteiger charge is -1.89. The Morgan fingerprint density at radius 2 is 2.57 bits per heavy atom. The molecular formula is C4H5NO2. The van der Waals surface area contributed by atoms with Crippen molar-refractivity contribution >= 4 is 5.97 Å². The molecule has 0 aliphatic carbocycles. The van der Waals surface area contributed by atoms with E-state index in [1.54, 1.807) is 0 Å². The van der Waals surface area contributed by atoms with Crippen molar-refractivity contribution in [3.8, 4) is 0 Å². The van der Waals surface area contributed by atoms with Crippen LogP contribution >= 0.6 is 0 Å². The summed E-state index contributed by atoms with van der Waals surface area (Å²) in [6.45, 7) is 0. The zero-order valence-electron chi connectivity index (χ0n) is 3.63. The molecule has 2 N–H and O–H groups in total. The Balaban J connectivity index is 2.62. The summed E-state index contributed by atoms with van der Waals surface area (Å²) in [4.78, 5) is 10.2. The fraction of sp³-hybridized carbons (Fsp3) is 0.250. The second kappa shape index (κ2) is 1.35. The molecule has 1 aliphatic rings. The summed E-state index contributed by atoms with van der Waals surface area (Å²) in [5, 5.41) is 0. The fourth-order valence-corrected chi connectivity index (χ4v) is 0.348. The van der Waals surface area contributed by atoms with E-state index < -0.39 is 6.04 Å². The van der Waals surface area contributed by atoms with Crippen molar-refractivity contribution in [3.05, 3.63) is 12.3 Å². The highest BCUT2D eigenvalue weighted by Gasteiger charge is 2.14. The minimum Gasteiger partial charge on any atom is -0.433 e. The SMILES string of the molecule is NC1C=COC1=O. The van der Waals surface area contributed by atoms with Crippen LogP contribution in [0.5, 0.6) is 0 Å². The third-order valence-corrected chi connectivity index (χ3v) is 0.742. The second-order valence-electron chi connectivity index (χ2n) is 1.29. The van der Waals surface area contributed by atoms with E-state index in [1.807, 2.05) is 0 Å². The van der Waals surface area contributed by atoms with Crippen LogP contribution in [-0.2, 0) is 9.53 Å². The topological polar surface area (TPSA) is 52.3 Å². The Morgan fingerprint density at radius 3 is 2.71 bits per heavy atom. The predicted octanol–water partition coefficient (Wildman–Crippen LogP) is -0.616. The monoisotopic (exact) mass is 99.0 g/mol. The first-order valence-electron chi connectivity index (χ1n) is 1.93. The van der Waals surface area contributed by atoms with Gasteiger partial charge in [-0.2, -0.15) is 0 Å². The minimum absolute atomic E-state index is 0.375. The molecular weight excluding hydrogens is 94.0 g/mol. The van der Waals surface area contributed by atoms with Crippen LogP contribution in [-0.4, -0.2) is 12.0 Å². The first-order valence-corrected chi connectivity index (χ1v) is 1.93. The number of ether oxygens (including phenoxy) is 1. The van der Waals surface area contributed by atoms with Gasteiger partial charge in [-0.15, -0.1) is 0 Å². The Morgan fingerprint density at radius 1 is 1.86 bits per heavy atom. The van der Waals surface area contributed by atoms with Crippen LogP contribution in [0.2, 0.25) is 0 Å². The molecule has 0 radical (unpaired) electrons. The van der Waals surface area contributed by atoms with Crippen molar-refractivity contribution in [2.75, 3.05) is 0 Å². The van der Waals surface area contributed by atoms with Gasteiger partial charge in [0.1, 0.15) is 6.04 Å². The lowest BCUT2D eigenvalue weighted by Crippen LogP contribution is -2.24. The van der Waals surface area contributed by atoms with Crippen LogP contribution in [0.25, 0.3) is 0 Å². The van der Waals surface area contributed by atoms with Crippen molar-refractivity contribution < 1.29 is 9.53 Å². The van der Waals surface area contributed by atoms with Gasteiger partial charge in [-0.1, -0.05) is 0 Å². The van der Waals surface area contributed by atoms with Gasteiger partial charge in [0, 0.05) is 0 Å². The molecule has 1 rings (SSSR count). The van der Waals surface area contributed by atoms with Gasteiger partial charge in [-0.05, 0) is 6.08 Å². The van der Waals surface area contributed by atoms with Gasteiger partial charge in [-0.3, -0.25) is 0 Å². The van der Waals surface area contributed by atoms with Crippen LogP contribution in [0.3, 0.4) is 0 Å². The lowest BCUT2D eigenvalue weighted by atomic mass is 10.3. The molecule has 1 unspecified atom stereocenters. The van der Waals surface area contributed by atoms with Crippen LogP contribution < -0.4 is 5.73 Å². The number of esters is 1. The molecule has 0 spiro atoms. The second-order valence-corrected chi connectivity index (χ2v) is 1.29. The Hall–Kier alpha value is -0.830. The summed E-state index contributed by atoms with van der Waals surface area (Å²) < 4.78 is 4.32. The van der Waals surface area contributed by atoms with E-state index >= 15 is 0 Å². The molecule has 1 aliphatic heterocycles. The number of hydrogen-bond acceptors (Lipinski definition) is 3. The molecule has 1 atom stereocenters. The molecule has 38 valence electrons. The maximum Gasteiger partial charge on any atom is 0.331 e. The molecule has 0 aromatic heterocycles. The normalized spacial score (nSPS) is 28.1. The third kappa shape index (κ3) is 0.618. The van der Waals surface area contributed by atoms with Crippen LogP contribution in [0.1, 0.15) is 0 Å². The van der Waals surface area contributed by atoms with Gasteiger partial charge in [0.2, 0.25) is 0 Å². The highest BCUT2D eigenvalue weighted by Crippen LogP contribution is 1.96. The Bertz CT molecular complexity index is 119. The summed E-state index contributed by atoms with van der Waals surface area (Å²) in [5.74, 6) is -0.375. The van der Waals surface area contributed by atoms with Gasteiger partial charge in [0.25, 0.3) is 0 Å². The van der Waals surface area contributed by atoms with Crippen molar-refractivity contribution in [1.82, 2.24) is 0 Å². The highest BCUT2D eigenvalue weighted by atomic mass is 16.5. The first kappa shape index (κ1) is 4.33. The van der Waals surface area contributed by atoms with E-state index in [1.165, 1.54) is 12.3 Å². The first-order chi connectivity index (χ1) is 3.30. The molecule has 0 saturated carbocycles. The predicted molar refractivity (Wildman–Crippen MR) is 23.2 cm³/mol. The summed E-state index contributed by atoms with van der Waals surface area (Å²) in [7, 11) is 0. The van der Waals surface area contributed by atoms with Crippen LogP contribution in [0.15, 0.2) is 12.3 Å². The van der Waals surface area contributed by atoms with E-state index in [0.717, 1.165) is 0 Å². The van der Waals surface area contributed by atoms with Gasteiger partial charge >= 0.3 is 5.97 Å². The van der Waals surface area contributed by atoms with Gasteiger partial charge in [0.05, 0.1) is 6.26 Å². The van der Waals surface area contributed by atoms with E-state index in [0.29, 0.717) is 0 Å². The third-order valence-electron chi connectivity index (χ3n) is 0.742. The molecule has 0 aromatic rings. The number of cyclic esters (lactones) is 1. The largest absolute Gasteiger partial charge is 0.433 e. The summed E-state index contributed by atoms with van der Waals surface area (Å²) in [6, 6.07) is -0.528.